The van der Waals surface area contributed by atoms with Gasteiger partial charge in [0, 0.05) is 28.8 Å². The maximum Gasteiger partial charge on any atom is 0.235 e. The van der Waals surface area contributed by atoms with Crippen molar-refractivity contribution in [3.8, 4) is 0 Å². The van der Waals surface area contributed by atoms with Crippen LogP contribution in [0.25, 0.3) is 0 Å². The van der Waals surface area contributed by atoms with Crippen molar-refractivity contribution in [3.63, 3.8) is 0 Å². The number of thiazole rings is 1. The van der Waals surface area contributed by atoms with E-state index in [1.54, 1.807) is 11.3 Å². The van der Waals surface area contributed by atoms with E-state index in [0.717, 1.165) is 22.0 Å². The van der Waals surface area contributed by atoms with E-state index in [0.29, 0.717) is 17.7 Å². The smallest absolute Gasteiger partial charge is 0.235 e. The number of aromatic nitrogens is 1. The van der Waals surface area contributed by atoms with Gasteiger partial charge in [-0.2, -0.15) is 0 Å². The second-order valence-corrected chi connectivity index (χ2v) is 9.05. The molecule has 1 fully saturated rings. The molecule has 3 unspecified atom stereocenters. The fraction of sp³-hybridized carbons (Fsp3) is 0.750. The highest BCUT2D eigenvalue weighted by atomic mass is 32.2. The number of hydrogen-bond donors (Lipinski definition) is 0. The van der Waals surface area contributed by atoms with Crippen molar-refractivity contribution in [1.82, 2.24) is 9.88 Å². The minimum absolute atomic E-state index is 0.0102. The van der Waals surface area contributed by atoms with Crippen LogP contribution in [0.5, 0.6) is 0 Å². The number of carbonyl (C=O) groups excluding carboxylic acids is 1. The van der Waals surface area contributed by atoms with Gasteiger partial charge in [-0.05, 0) is 32.6 Å². The third kappa shape index (κ3) is 4.38. The van der Waals surface area contributed by atoms with E-state index in [9.17, 15) is 9.00 Å². The normalized spacial score (nSPS) is 23.3. The van der Waals surface area contributed by atoms with Gasteiger partial charge in [-0.1, -0.05) is 19.8 Å². The molecule has 0 radical (unpaired) electrons. The number of amides is 1. The Hall–Kier alpha value is -0.750. The summed E-state index contributed by atoms with van der Waals surface area (Å²) in [5, 5.41) is 0.990. The lowest BCUT2D eigenvalue weighted by atomic mass is 9.85. The molecular weight excluding hydrogens is 316 g/mol. The molecule has 3 atom stereocenters. The molecule has 0 saturated heterocycles. The minimum Gasteiger partial charge on any atom is -0.342 e. The summed E-state index contributed by atoms with van der Waals surface area (Å²) in [4.78, 5) is 19.6. The number of carbonyl (C=O) groups is 1. The molecule has 1 aromatic rings. The van der Waals surface area contributed by atoms with Crippen molar-refractivity contribution in [3.05, 3.63) is 15.6 Å². The first-order chi connectivity index (χ1) is 10.4. The van der Waals surface area contributed by atoms with E-state index in [2.05, 4.69) is 11.9 Å². The second-order valence-electron chi connectivity index (χ2n) is 6.30. The van der Waals surface area contributed by atoms with Gasteiger partial charge in [0.15, 0.2) is 0 Å². The first-order valence-electron chi connectivity index (χ1n) is 7.92. The average Bonchev–Trinajstić information content (AvgIpc) is 2.76. The molecule has 1 aliphatic rings. The topological polar surface area (TPSA) is 50.3 Å². The summed E-state index contributed by atoms with van der Waals surface area (Å²) in [6, 6.07) is 0.311. The Balaban J connectivity index is 1.90. The lowest BCUT2D eigenvalue weighted by Crippen LogP contribution is -2.44. The Bertz CT molecular complexity index is 556. The third-order valence-electron chi connectivity index (χ3n) is 4.53. The fourth-order valence-corrected chi connectivity index (χ4v) is 5.65. The molecule has 4 nitrogen and oxygen atoms in total. The summed E-state index contributed by atoms with van der Waals surface area (Å²) in [6.45, 7) is 6.11. The summed E-state index contributed by atoms with van der Waals surface area (Å²) >= 11 is 1.58. The molecule has 0 aromatic carbocycles. The van der Waals surface area contributed by atoms with Crippen LogP contribution in [0.2, 0.25) is 0 Å². The van der Waals surface area contributed by atoms with Crippen molar-refractivity contribution in [2.24, 2.45) is 5.92 Å². The van der Waals surface area contributed by atoms with Gasteiger partial charge in [0.1, 0.15) is 5.75 Å². The minimum atomic E-state index is -1.16. The van der Waals surface area contributed by atoms with Crippen LogP contribution >= 0.6 is 11.3 Å². The Morgan fingerprint density at radius 1 is 1.36 bits per heavy atom. The first-order valence-corrected chi connectivity index (χ1v) is 10.2. The average molecular weight is 343 g/mol. The molecule has 22 heavy (non-hydrogen) atoms. The highest BCUT2D eigenvalue weighted by Gasteiger charge is 2.28. The van der Waals surface area contributed by atoms with Gasteiger partial charge < -0.3 is 4.90 Å². The van der Waals surface area contributed by atoms with Gasteiger partial charge in [-0.3, -0.25) is 9.00 Å². The van der Waals surface area contributed by atoms with E-state index < -0.39 is 10.8 Å². The maximum atomic E-state index is 12.4. The zero-order chi connectivity index (χ0) is 16.3. The molecule has 2 rings (SSSR count). The zero-order valence-electron chi connectivity index (χ0n) is 13.9. The summed E-state index contributed by atoms with van der Waals surface area (Å²) in [5.41, 5.74) is 0.942. The highest BCUT2D eigenvalue weighted by Crippen LogP contribution is 2.27. The lowest BCUT2D eigenvalue weighted by Gasteiger charge is -2.36. The summed E-state index contributed by atoms with van der Waals surface area (Å²) in [5.74, 6) is 1.12. The first kappa shape index (κ1) is 17.6. The molecular formula is C16H26N2O2S2. The molecule has 1 aromatic heterocycles. The monoisotopic (exact) mass is 342 g/mol. The Kier molecular flexibility index (Phi) is 6.15. The van der Waals surface area contributed by atoms with Gasteiger partial charge >= 0.3 is 0 Å². The van der Waals surface area contributed by atoms with Crippen LogP contribution in [0.4, 0.5) is 0 Å². The molecule has 1 saturated carbocycles. The predicted octanol–water partition coefficient (Wildman–Crippen LogP) is 3.05. The van der Waals surface area contributed by atoms with Gasteiger partial charge in [0.25, 0.3) is 0 Å². The van der Waals surface area contributed by atoms with Crippen LogP contribution in [0, 0.1) is 19.8 Å². The van der Waals surface area contributed by atoms with Gasteiger partial charge in [-0.25, -0.2) is 4.98 Å². The number of aryl methyl sites for hydroxylation is 2. The molecule has 1 heterocycles. The largest absolute Gasteiger partial charge is 0.342 e. The van der Waals surface area contributed by atoms with E-state index >= 15 is 0 Å². The number of hydrogen-bond acceptors (Lipinski definition) is 4. The molecule has 6 heteroatoms. The zero-order valence-corrected chi connectivity index (χ0v) is 15.6. The van der Waals surface area contributed by atoms with Crippen molar-refractivity contribution < 1.29 is 9.00 Å². The van der Waals surface area contributed by atoms with Crippen LogP contribution in [-0.4, -0.2) is 38.8 Å². The Morgan fingerprint density at radius 3 is 2.64 bits per heavy atom. The second kappa shape index (κ2) is 7.68. The standard InChI is InChI=1S/C16H26N2O2S2/c1-11-7-5-6-8-14(11)18(4)16(19)10-22(20)9-15-12(2)17-13(3)21-15/h11,14H,5-10H2,1-4H3. The van der Waals surface area contributed by atoms with Crippen molar-refractivity contribution in [2.75, 3.05) is 12.8 Å². The molecule has 1 amide bonds. The Labute approximate surface area is 139 Å². The lowest BCUT2D eigenvalue weighted by molar-refractivity contribution is -0.130. The van der Waals surface area contributed by atoms with Crippen LogP contribution in [0.15, 0.2) is 0 Å². The summed E-state index contributed by atoms with van der Waals surface area (Å²) in [6.07, 6.45) is 4.71. The van der Waals surface area contributed by atoms with Crippen LogP contribution in [0.1, 0.15) is 48.2 Å². The van der Waals surface area contributed by atoms with Crippen molar-refractivity contribution in [2.45, 2.75) is 58.2 Å². The molecule has 0 spiro atoms. The molecule has 124 valence electrons. The van der Waals surface area contributed by atoms with Crippen molar-refractivity contribution >= 4 is 28.0 Å². The number of rotatable bonds is 5. The van der Waals surface area contributed by atoms with E-state index in [1.807, 2.05) is 25.8 Å². The summed E-state index contributed by atoms with van der Waals surface area (Å²) < 4.78 is 12.3. The maximum absolute atomic E-state index is 12.4. The fourth-order valence-electron chi connectivity index (χ4n) is 3.20. The summed E-state index contributed by atoms with van der Waals surface area (Å²) in [7, 11) is 0.714. The van der Waals surface area contributed by atoms with Crippen LogP contribution < -0.4 is 0 Å². The SMILES string of the molecule is Cc1nc(C)c(CS(=O)CC(=O)N(C)C2CCCCC2C)s1. The third-order valence-corrected chi connectivity index (χ3v) is 6.97. The molecule has 0 N–H and O–H groups in total. The number of nitrogens with zero attached hydrogens (tertiary/aromatic N) is 2. The van der Waals surface area contributed by atoms with Crippen molar-refractivity contribution in [1.29, 1.82) is 0 Å². The Morgan fingerprint density at radius 2 is 2.05 bits per heavy atom. The van der Waals surface area contributed by atoms with Gasteiger partial charge in [0.2, 0.25) is 5.91 Å². The molecule has 0 aliphatic heterocycles. The van der Waals surface area contributed by atoms with Crippen LogP contribution in [0.3, 0.4) is 0 Å². The van der Waals surface area contributed by atoms with Gasteiger partial charge in [0.05, 0.1) is 16.5 Å². The van der Waals surface area contributed by atoms with Gasteiger partial charge in [-0.15, -0.1) is 11.3 Å². The molecule has 1 aliphatic carbocycles. The van der Waals surface area contributed by atoms with Crippen LogP contribution in [-0.2, 0) is 21.3 Å². The van der Waals surface area contributed by atoms with E-state index in [1.165, 1.54) is 19.3 Å². The quantitative estimate of drug-likeness (QED) is 0.826. The predicted molar refractivity (Wildman–Crippen MR) is 92.5 cm³/mol. The molecule has 0 bridgehead atoms. The highest BCUT2D eigenvalue weighted by molar-refractivity contribution is 7.85. The van der Waals surface area contributed by atoms with E-state index in [4.69, 9.17) is 0 Å². The van der Waals surface area contributed by atoms with E-state index in [-0.39, 0.29) is 11.7 Å².